The SMILES string of the molecule is Cc1cc(N2CCN(c3nncs3)CC2)nc(N2CCCC2)n1. The monoisotopic (exact) mass is 331 g/mol. The maximum atomic E-state index is 4.82. The third-order valence-corrected chi connectivity index (χ3v) is 5.19. The lowest BCUT2D eigenvalue weighted by atomic mass is 10.3. The van der Waals surface area contributed by atoms with Crippen molar-refractivity contribution in [2.45, 2.75) is 19.8 Å². The molecule has 2 aromatic heterocycles. The van der Waals surface area contributed by atoms with Crippen molar-refractivity contribution in [1.82, 2.24) is 20.2 Å². The van der Waals surface area contributed by atoms with Crippen LogP contribution in [0.4, 0.5) is 16.9 Å². The van der Waals surface area contributed by atoms with E-state index in [1.165, 1.54) is 12.8 Å². The predicted molar refractivity (Wildman–Crippen MR) is 92.6 cm³/mol. The largest absolute Gasteiger partial charge is 0.353 e. The van der Waals surface area contributed by atoms with Crippen LogP contribution in [0.3, 0.4) is 0 Å². The standard InChI is InChI=1S/C15H21N7S/c1-12-10-13(18-14(17-12)21-4-2-3-5-21)20-6-8-22(9-7-20)15-19-16-11-23-15/h10-11H,2-9H2,1H3. The molecule has 2 saturated heterocycles. The lowest BCUT2D eigenvalue weighted by Crippen LogP contribution is -2.47. The van der Waals surface area contributed by atoms with Crippen molar-refractivity contribution >= 4 is 28.2 Å². The van der Waals surface area contributed by atoms with Crippen LogP contribution in [0, 0.1) is 6.92 Å². The summed E-state index contributed by atoms with van der Waals surface area (Å²) in [6, 6.07) is 2.10. The first-order chi connectivity index (χ1) is 11.3. The van der Waals surface area contributed by atoms with E-state index < -0.39 is 0 Å². The van der Waals surface area contributed by atoms with Crippen LogP contribution in [0.5, 0.6) is 0 Å². The van der Waals surface area contributed by atoms with Gasteiger partial charge in [-0.2, -0.15) is 4.98 Å². The molecular formula is C15H21N7S. The number of hydrogen-bond acceptors (Lipinski definition) is 8. The highest BCUT2D eigenvalue weighted by Gasteiger charge is 2.22. The summed E-state index contributed by atoms with van der Waals surface area (Å²) in [5.74, 6) is 1.94. The zero-order valence-corrected chi connectivity index (χ0v) is 14.2. The van der Waals surface area contributed by atoms with Gasteiger partial charge in [0.25, 0.3) is 0 Å². The van der Waals surface area contributed by atoms with Gasteiger partial charge >= 0.3 is 0 Å². The molecule has 2 aliphatic rings. The summed E-state index contributed by atoms with van der Waals surface area (Å²) < 4.78 is 0. The van der Waals surface area contributed by atoms with Crippen LogP contribution in [0.2, 0.25) is 0 Å². The first-order valence-corrected chi connectivity index (χ1v) is 9.04. The van der Waals surface area contributed by atoms with Crippen molar-refractivity contribution in [2.24, 2.45) is 0 Å². The summed E-state index contributed by atoms with van der Waals surface area (Å²) >= 11 is 1.60. The van der Waals surface area contributed by atoms with E-state index in [9.17, 15) is 0 Å². The van der Waals surface area contributed by atoms with Gasteiger partial charge < -0.3 is 14.7 Å². The molecule has 122 valence electrons. The van der Waals surface area contributed by atoms with Crippen molar-refractivity contribution in [2.75, 3.05) is 54.0 Å². The molecule has 7 nitrogen and oxygen atoms in total. The average molecular weight is 331 g/mol. The Kier molecular flexibility index (Phi) is 3.99. The molecule has 0 unspecified atom stereocenters. The Morgan fingerprint density at radius 1 is 0.913 bits per heavy atom. The summed E-state index contributed by atoms with van der Waals surface area (Å²) in [4.78, 5) is 16.4. The van der Waals surface area contributed by atoms with E-state index in [0.717, 1.165) is 61.9 Å². The third kappa shape index (κ3) is 3.08. The number of piperazine rings is 1. The van der Waals surface area contributed by atoms with Gasteiger partial charge in [0.2, 0.25) is 11.1 Å². The van der Waals surface area contributed by atoms with Crippen molar-refractivity contribution in [1.29, 1.82) is 0 Å². The molecule has 2 fully saturated rings. The molecule has 0 spiro atoms. The van der Waals surface area contributed by atoms with Crippen LogP contribution >= 0.6 is 11.3 Å². The van der Waals surface area contributed by atoms with Gasteiger partial charge in [-0.3, -0.25) is 0 Å². The highest BCUT2D eigenvalue weighted by Crippen LogP contribution is 2.23. The number of nitrogens with zero attached hydrogens (tertiary/aromatic N) is 7. The molecule has 0 aromatic carbocycles. The van der Waals surface area contributed by atoms with E-state index in [1.54, 1.807) is 16.8 Å². The molecule has 0 radical (unpaired) electrons. The fourth-order valence-corrected chi connectivity index (χ4v) is 3.80. The first kappa shape index (κ1) is 14.6. The lowest BCUT2D eigenvalue weighted by Gasteiger charge is -2.35. The summed E-state index contributed by atoms with van der Waals surface area (Å²) in [6.07, 6.45) is 2.49. The Morgan fingerprint density at radius 3 is 2.35 bits per heavy atom. The fourth-order valence-electron chi connectivity index (χ4n) is 3.19. The van der Waals surface area contributed by atoms with Crippen LogP contribution in [-0.4, -0.2) is 59.4 Å². The Balaban J connectivity index is 1.48. The summed E-state index contributed by atoms with van der Waals surface area (Å²) in [5, 5.41) is 9.11. The van der Waals surface area contributed by atoms with E-state index in [2.05, 4.69) is 42.9 Å². The second-order valence-corrected chi connectivity index (χ2v) is 6.87. The number of aryl methyl sites for hydroxylation is 1. The molecule has 2 aromatic rings. The van der Waals surface area contributed by atoms with E-state index >= 15 is 0 Å². The Labute approximate surface area is 140 Å². The maximum Gasteiger partial charge on any atom is 0.227 e. The third-order valence-electron chi connectivity index (χ3n) is 4.44. The van der Waals surface area contributed by atoms with E-state index in [4.69, 9.17) is 4.98 Å². The zero-order valence-electron chi connectivity index (χ0n) is 13.4. The zero-order chi connectivity index (χ0) is 15.6. The summed E-state index contributed by atoms with van der Waals surface area (Å²) in [7, 11) is 0. The molecule has 0 bridgehead atoms. The molecule has 0 amide bonds. The quantitative estimate of drug-likeness (QED) is 0.846. The highest BCUT2D eigenvalue weighted by atomic mass is 32.1. The van der Waals surface area contributed by atoms with E-state index in [0.29, 0.717) is 0 Å². The van der Waals surface area contributed by atoms with Gasteiger partial charge in [-0.1, -0.05) is 11.3 Å². The number of anilines is 3. The Morgan fingerprint density at radius 2 is 1.65 bits per heavy atom. The van der Waals surface area contributed by atoms with Crippen LogP contribution < -0.4 is 14.7 Å². The second kappa shape index (κ2) is 6.27. The molecule has 4 heterocycles. The fraction of sp³-hybridized carbons (Fsp3) is 0.600. The summed E-state index contributed by atoms with van der Waals surface area (Å²) in [6.45, 7) is 8.03. The lowest BCUT2D eigenvalue weighted by molar-refractivity contribution is 0.642. The molecule has 0 N–H and O–H groups in total. The number of hydrogen-bond donors (Lipinski definition) is 0. The van der Waals surface area contributed by atoms with Gasteiger partial charge in [-0.05, 0) is 19.8 Å². The Bertz CT molecular complexity index is 646. The molecule has 0 aliphatic carbocycles. The maximum absolute atomic E-state index is 4.82. The molecule has 4 rings (SSSR count). The number of rotatable bonds is 3. The summed E-state index contributed by atoms with van der Waals surface area (Å²) in [5.41, 5.74) is 2.83. The van der Waals surface area contributed by atoms with E-state index in [1.807, 2.05) is 0 Å². The van der Waals surface area contributed by atoms with Crippen molar-refractivity contribution in [3.63, 3.8) is 0 Å². The molecule has 2 aliphatic heterocycles. The molecular weight excluding hydrogens is 310 g/mol. The molecule has 23 heavy (non-hydrogen) atoms. The predicted octanol–water partition coefficient (Wildman–Crippen LogP) is 1.56. The molecule has 0 atom stereocenters. The van der Waals surface area contributed by atoms with Crippen LogP contribution in [0.1, 0.15) is 18.5 Å². The van der Waals surface area contributed by atoms with Gasteiger partial charge in [-0.25, -0.2) is 4.98 Å². The van der Waals surface area contributed by atoms with E-state index in [-0.39, 0.29) is 0 Å². The molecule has 8 heteroatoms. The average Bonchev–Trinajstić information content (AvgIpc) is 3.28. The van der Waals surface area contributed by atoms with Gasteiger partial charge in [0, 0.05) is 51.0 Å². The Hall–Kier alpha value is -1.96. The smallest absolute Gasteiger partial charge is 0.227 e. The van der Waals surface area contributed by atoms with Crippen LogP contribution in [-0.2, 0) is 0 Å². The first-order valence-electron chi connectivity index (χ1n) is 8.16. The minimum Gasteiger partial charge on any atom is -0.353 e. The van der Waals surface area contributed by atoms with Crippen molar-refractivity contribution in [3.05, 3.63) is 17.3 Å². The minimum absolute atomic E-state index is 0.893. The van der Waals surface area contributed by atoms with Gasteiger partial charge in [0.05, 0.1) is 0 Å². The van der Waals surface area contributed by atoms with Crippen LogP contribution in [0.25, 0.3) is 0 Å². The highest BCUT2D eigenvalue weighted by molar-refractivity contribution is 7.13. The van der Waals surface area contributed by atoms with Crippen molar-refractivity contribution in [3.8, 4) is 0 Å². The second-order valence-electron chi connectivity index (χ2n) is 6.06. The molecule has 0 saturated carbocycles. The van der Waals surface area contributed by atoms with Gasteiger partial charge in [0.1, 0.15) is 11.3 Å². The topological polar surface area (TPSA) is 61.3 Å². The van der Waals surface area contributed by atoms with Crippen LogP contribution in [0.15, 0.2) is 11.6 Å². The normalized spacial score (nSPS) is 18.7. The van der Waals surface area contributed by atoms with Crippen molar-refractivity contribution < 1.29 is 0 Å². The minimum atomic E-state index is 0.893. The van der Waals surface area contributed by atoms with Gasteiger partial charge in [0.15, 0.2) is 0 Å². The number of aromatic nitrogens is 4. The van der Waals surface area contributed by atoms with Gasteiger partial charge in [-0.15, -0.1) is 10.2 Å².